The van der Waals surface area contributed by atoms with Crippen LogP contribution in [0.15, 0.2) is 12.7 Å². The fraction of sp³-hybridized carbons (Fsp3) is 0.857. The highest BCUT2D eigenvalue weighted by Gasteiger charge is 2.29. The lowest BCUT2D eigenvalue weighted by Crippen LogP contribution is -2.46. The second-order valence-electron chi connectivity index (χ2n) is 6.32. The number of nitrogens with one attached hydrogen (secondary N) is 1. The Bertz CT molecular complexity index is 544. The third-order valence-electron chi connectivity index (χ3n) is 4.73. The molecule has 2 heterocycles. The van der Waals surface area contributed by atoms with Gasteiger partial charge in [0.2, 0.25) is 0 Å². The van der Waals surface area contributed by atoms with E-state index in [9.17, 15) is 8.42 Å². The Hall–Kier alpha value is -0.990. The maximum atomic E-state index is 12.5. The van der Waals surface area contributed by atoms with Crippen LogP contribution in [0.4, 0.5) is 0 Å². The molecule has 2 fully saturated rings. The van der Waals surface area contributed by atoms with Gasteiger partial charge in [-0.2, -0.15) is 22.5 Å². The van der Waals surface area contributed by atoms with Crippen molar-refractivity contribution in [1.82, 2.24) is 23.8 Å². The number of aromatic nitrogens is 3. The van der Waals surface area contributed by atoms with Crippen molar-refractivity contribution in [2.45, 2.75) is 63.5 Å². The van der Waals surface area contributed by atoms with Gasteiger partial charge in [-0.25, -0.2) is 9.67 Å². The van der Waals surface area contributed by atoms with E-state index in [1.807, 2.05) is 4.68 Å². The predicted molar refractivity (Wildman–Crippen MR) is 83.4 cm³/mol. The normalized spacial score (nSPS) is 28.4. The van der Waals surface area contributed by atoms with E-state index >= 15 is 0 Å². The van der Waals surface area contributed by atoms with Gasteiger partial charge in [0.15, 0.2) is 0 Å². The third-order valence-corrected chi connectivity index (χ3v) is 6.40. The van der Waals surface area contributed by atoms with E-state index < -0.39 is 10.2 Å². The maximum absolute atomic E-state index is 12.5. The molecule has 0 unspecified atom stereocenters. The lowest BCUT2D eigenvalue weighted by Gasteiger charge is -2.30. The van der Waals surface area contributed by atoms with Crippen LogP contribution in [0.1, 0.15) is 57.4 Å². The molecule has 22 heavy (non-hydrogen) atoms. The molecule has 0 radical (unpaired) electrons. The summed E-state index contributed by atoms with van der Waals surface area (Å²) in [4.78, 5) is 3.98. The predicted octanol–water partition coefficient (Wildman–Crippen LogP) is 1.47. The van der Waals surface area contributed by atoms with Crippen molar-refractivity contribution in [3.63, 3.8) is 0 Å². The molecule has 3 rings (SSSR count). The minimum absolute atomic E-state index is 0.0491. The Balaban J connectivity index is 1.53. The number of hydrogen-bond donors (Lipinski definition) is 1. The highest BCUT2D eigenvalue weighted by Crippen LogP contribution is 2.28. The first-order chi connectivity index (χ1) is 10.6. The lowest BCUT2D eigenvalue weighted by atomic mass is 9.92. The smallest absolute Gasteiger partial charge is 0.250 e. The standard InChI is InChI=1S/C14H25N5O2S/c20-22(21,18-9-3-1-2-4-10-18)17-13-5-7-14(8-6-13)19-12-15-11-16-19/h11-14,17H,1-10H2. The topological polar surface area (TPSA) is 80.1 Å². The van der Waals surface area contributed by atoms with Gasteiger partial charge in [0.1, 0.15) is 12.7 Å². The molecule has 2 aliphatic rings. The van der Waals surface area contributed by atoms with Crippen molar-refractivity contribution >= 4 is 10.2 Å². The van der Waals surface area contributed by atoms with E-state index in [0.29, 0.717) is 19.1 Å². The van der Waals surface area contributed by atoms with Gasteiger partial charge in [0.25, 0.3) is 10.2 Å². The number of nitrogens with zero attached hydrogens (tertiary/aromatic N) is 4. The molecule has 0 amide bonds. The zero-order chi connectivity index (χ0) is 15.4. The van der Waals surface area contributed by atoms with Crippen LogP contribution in [0.25, 0.3) is 0 Å². The number of rotatable bonds is 4. The summed E-state index contributed by atoms with van der Waals surface area (Å²) >= 11 is 0. The van der Waals surface area contributed by atoms with Gasteiger partial charge in [-0.15, -0.1) is 0 Å². The lowest BCUT2D eigenvalue weighted by molar-refractivity contribution is 0.288. The van der Waals surface area contributed by atoms with Gasteiger partial charge in [-0.05, 0) is 38.5 Å². The molecule has 1 saturated carbocycles. The Morgan fingerprint density at radius 2 is 1.68 bits per heavy atom. The molecular formula is C14H25N5O2S. The van der Waals surface area contributed by atoms with Crippen molar-refractivity contribution in [3.8, 4) is 0 Å². The van der Waals surface area contributed by atoms with Crippen LogP contribution in [0.2, 0.25) is 0 Å². The molecule has 1 aromatic rings. The summed E-state index contributed by atoms with van der Waals surface area (Å²) in [5.41, 5.74) is 0. The van der Waals surface area contributed by atoms with Crippen molar-refractivity contribution in [3.05, 3.63) is 12.7 Å². The molecule has 0 atom stereocenters. The van der Waals surface area contributed by atoms with Crippen LogP contribution in [0.3, 0.4) is 0 Å². The Morgan fingerprint density at radius 3 is 2.27 bits per heavy atom. The van der Waals surface area contributed by atoms with Gasteiger partial charge >= 0.3 is 0 Å². The van der Waals surface area contributed by atoms with E-state index in [1.165, 1.54) is 0 Å². The molecule has 1 N–H and O–H groups in total. The molecule has 1 aliphatic heterocycles. The van der Waals surface area contributed by atoms with E-state index in [-0.39, 0.29) is 6.04 Å². The zero-order valence-electron chi connectivity index (χ0n) is 12.9. The average Bonchev–Trinajstić information content (AvgIpc) is 2.89. The largest absolute Gasteiger partial charge is 0.279 e. The fourth-order valence-electron chi connectivity index (χ4n) is 3.43. The fourth-order valence-corrected chi connectivity index (χ4v) is 4.98. The maximum Gasteiger partial charge on any atom is 0.279 e. The van der Waals surface area contributed by atoms with Crippen molar-refractivity contribution in [2.24, 2.45) is 0 Å². The summed E-state index contributed by atoms with van der Waals surface area (Å²) in [5, 5.41) is 4.18. The zero-order valence-corrected chi connectivity index (χ0v) is 13.7. The quantitative estimate of drug-likeness (QED) is 0.908. The Kier molecular flexibility index (Phi) is 5.10. The summed E-state index contributed by atoms with van der Waals surface area (Å²) in [6.07, 6.45) is 11.1. The van der Waals surface area contributed by atoms with Gasteiger partial charge < -0.3 is 0 Å². The minimum atomic E-state index is -3.33. The average molecular weight is 327 g/mol. The molecule has 1 aromatic heterocycles. The van der Waals surface area contributed by atoms with E-state index in [2.05, 4.69) is 14.8 Å². The van der Waals surface area contributed by atoms with Crippen LogP contribution < -0.4 is 4.72 Å². The number of hydrogen-bond acceptors (Lipinski definition) is 4. The van der Waals surface area contributed by atoms with Gasteiger partial charge in [-0.1, -0.05) is 12.8 Å². The molecule has 7 nitrogen and oxygen atoms in total. The van der Waals surface area contributed by atoms with Crippen LogP contribution >= 0.6 is 0 Å². The highest BCUT2D eigenvalue weighted by molar-refractivity contribution is 7.87. The molecular weight excluding hydrogens is 302 g/mol. The Labute approximate surface area is 132 Å². The summed E-state index contributed by atoms with van der Waals surface area (Å²) in [5.74, 6) is 0. The minimum Gasteiger partial charge on any atom is -0.250 e. The monoisotopic (exact) mass is 327 g/mol. The van der Waals surface area contributed by atoms with Crippen LogP contribution in [0.5, 0.6) is 0 Å². The molecule has 0 spiro atoms. The summed E-state index contributed by atoms with van der Waals surface area (Å²) < 4.78 is 31.4. The van der Waals surface area contributed by atoms with E-state index in [4.69, 9.17) is 0 Å². The van der Waals surface area contributed by atoms with Crippen LogP contribution in [-0.2, 0) is 10.2 Å². The first-order valence-electron chi connectivity index (χ1n) is 8.27. The van der Waals surface area contributed by atoms with Crippen molar-refractivity contribution in [1.29, 1.82) is 0 Å². The van der Waals surface area contributed by atoms with E-state index in [0.717, 1.165) is 51.4 Å². The third kappa shape index (κ3) is 3.85. The molecule has 1 aliphatic carbocycles. The summed E-state index contributed by atoms with van der Waals surface area (Å²) in [6, 6.07) is 0.398. The first-order valence-corrected chi connectivity index (χ1v) is 9.71. The SMILES string of the molecule is O=S(=O)(NC1CCC(n2cncn2)CC1)N1CCCCCC1. The Morgan fingerprint density at radius 1 is 1.00 bits per heavy atom. The van der Waals surface area contributed by atoms with Gasteiger partial charge in [0, 0.05) is 19.1 Å². The van der Waals surface area contributed by atoms with Gasteiger partial charge in [-0.3, -0.25) is 0 Å². The van der Waals surface area contributed by atoms with Crippen molar-refractivity contribution in [2.75, 3.05) is 13.1 Å². The molecule has 0 bridgehead atoms. The second kappa shape index (κ2) is 7.06. The van der Waals surface area contributed by atoms with Crippen LogP contribution in [0, 0.1) is 0 Å². The summed E-state index contributed by atoms with van der Waals surface area (Å²) in [7, 11) is -3.33. The molecule has 8 heteroatoms. The molecule has 1 saturated heterocycles. The van der Waals surface area contributed by atoms with E-state index in [1.54, 1.807) is 17.0 Å². The summed E-state index contributed by atoms with van der Waals surface area (Å²) in [6.45, 7) is 1.31. The van der Waals surface area contributed by atoms with Crippen LogP contribution in [-0.4, -0.2) is 46.6 Å². The van der Waals surface area contributed by atoms with Crippen molar-refractivity contribution < 1.29 is 8.42 Å². The second-order valence-corrected chi connectivity index (χ2v) is 8.02. The molecule has 124 valence electrons. The van der Waals surface area contributed by atoms with Gasteiger partial charge in [0.05, 0.1) is 6.04 Å². The highest BCUT2D eigenvalue weighted by atomic mass is 32.2. The molecule has 0 aromatic carbocycles. The first kappa shape index (κ1) is 15.9.